The van der Waals surface area contributed by atoms with Crippen molar-refractivity contribution in [1.82, 2.24) is 4.72 Å². The minimum absolute atomic E-state index is 0.105. The number of halogens is 2. The largest absolute Gasteiger partial charge is 0.477 e. The van der Waals surface area contributed by atoms with Crippen LogP contribution in [0.25, 0.3) is 0 Å². The molecular formula is C10H11F2NO5S. The van der Waals surface area contributed by atoms with E-state index in [9.17, 15) is 22.0 Å². The molecule has 0 aliphatic carbocycles. The van der Waals surface area contributed by atoms with Crippen molar-refractivity contribution in [2.45, 2.75) is 11.3 Å². The molecule has 0 radical (unpaired) electrons. The van der Waals surface area contributed by atoms with Gasteiger partial charge >= 0.3 is 5.97 Å². The number of sulfonamides is 1. The number of aliphatic hydroxyl groups is 1. The summed E-state index contributed by atoms with van der Waals surface area (Å²) in [6.07, 6.45) is 0.105. The molecule has 19 heavy (non-hydrogen) atoms. The van der Waals surface area contributed by atoms with Crippen LogP contribution in [0.5, 0.6) is 0 Å². The van der Waals surface area contributed by atoms with Crippen LogP contribution in [0.15, 0.2) is 17.0 Å². The monoisotopic (exact) mass is 295 g/mol. The zero-order valence-electron chi connectivity index (χ0n) is 9.56. The maximum absolute atomic E-state index is 13.7. The van der Waals surface area contributed by atoms with Gasteiger partial charge in [0.25, 0.3) is 0 Å². The first-order valence-electron chi connectivity index (χ1n) is 5.13. The van der Waals surface area contributed by atoms with Crippen molar-refractivity contribution < 1.29 is 32.2 Å². The van der Waals surface area contributed by atoms with E-state index in [1.165, 1.54) is 0 Å². The molecule has 0 amide bonds. The predicted molar refractivity (Wildman–Crippen MR) is 60.2 cm³/mol. The van der Waals surface area contributed by atoms with E-state index < -0.39 is 38.1 Å². The van der Waals surface area contributed by atoms with Crippen LogP contribution in [-0.2, 0) is 10.0 Å². The van der Waals surface area contributed by atoms with Crippen molar-refractivity contribution in [3.05, 3.63) is 29.3 Å². The second-order valence-corrected chi connectivity index (χ2v) is 5.25. The molecule has 0 saturated carbocycles. The van der Waals surface area contributed by atoms with E-state index in [-0.39, 0.29) is 19.6 Å². The lowest BCUT2D eigenvalue weighted by molar-refractivity contribution is 0.0685. The topological polar surface area (TPSA) is 104 Å². The number of hydrogen-bond donors (Lipinski definition) is 3. The molecule has 3 N–H and O–H groups in total. The molecule has 0 unspecified atom stereocenters. The molecule has 0 bridgehead atoms. The van der Waals surface area contributed by atoms with Crippen LogP contribution in [0, 0.1) is 11.6 Å². The van der Waals surface area contributed by atoms with Gasteiger partial charge in [0.1, 0.15) is 16.3 Å². The molecule has 0 spiro atoms. The predicted octanol–water partition coefficient (Wildman–Crippen LogP) is 0.324. The lowest BCUT2D eigenvalue weighted by Gasteiger charge is -2.09. The van der Waals surface area contributed by atoms with Gasteiger partial charge in [-0.2, -0.15) is 0 Å². The van der Waals surface area contributed by atoms with Crippen LogP contribution in [0.4, 0.5) is 8.78 Å². The molecule has 0 aliphatic rings. The lowest BCUT2D eigenvalue weighted by Crippen LogP contribution is -2.27. The Morgan fingerprint density at radius 1 is 1.32 bits per heavy atom. The first kappa shape index (κ1) is 15.5. The van der Waals surface area contributed by atoms with Crippen LogP contribution in [0.3, 0.4) is 0 Å². The van der Waals surface area contributed by atoms with E-state index in [1.54, 1.807) is 0 Å². The highest BCUT2D eigenvalue weighted by molar-refractivity contribution is 7.89. The van der Waals surface area contributed by atoms with E-state index in [2.05, 4.69) is 0 Å². The number of carboxylic acids is 1. The molecule has 0 aromatic heterocycles. The van der Waals surface area contributed by atoms with E-state index in [0.717, 1.165) is 0 Å². The van der Waals surface area contributed by atoms with Gasteiger partial charge in [-0.05, 0) is 18.6 Å². The van der Waals surface area contributed by atoms with E-state index in [4.69, 9.17) is 10.2 Å². The molecule has 0 heterocycles. The Bertz CT molecular complexity index is 588. The zero-order chi connectivity index (χ0) is 14.6. The lowest BCUT2D eigenvalue weighted by atomic mass is 10.2. The minimum atomic E-state index is -4.30. The van der Waals surface area contributed by atoms with Crippen molar-refractivity contribution in [1.29, 1.82) is 0 Å². The third-order valence-corrected chi connectivity index (χ3v) is 3.66. The maximum Gasteiger partial charge on any atom is 0.341 e. The highest BCUT2D eigenvalue weighted by Crippen LogP contribution is 2.20. The molecule has 1 aromatic carbocycles. The van der Waals surface area contributed by atoms with Gasteiger partial charge in [-0.25, -0.2) is 26.7 Å². The quantitative estimate of drug-likeness (QED) is 0.656. The van der Waals surface area contributed by atoms with Gasteiger partial charge in [0.15, 0.2) is 5.82 Å². The van der Waals surface area contributed by atoms with Gasteiger partial charge in [0.2, 0.25) is 10.0 Å². The number of carbonyl (C=O) groups is 1. The summed E-state index contributed by atoms with van der Waals surface area (Å²) in [6, 6.07) is 1.20. The van der Waals surface area contributed by atoms with Crippen molar-refractivity contribution in [3.63, 3.8) is 0 Å². The van der Waals surface area contributed by atoms with Gasteiger partial charge in [-0.15, -0.1) is 0 Å². The average Bonchev–Trinajstić information content (AvgIpc) is 2.28. The van der Waals surface area contributed by atoms with Crippen LogP contribution in [-0.4, -0.2) is 37.8 Å². The summed E-state index contributed by atoms with van der Waals surface area (Å²) in [5.41, 5.74) is -1.33. The molecular weight excluding hydrogens is 284 g/mol. The van der Waals surface area contributed by atoms with E-state index in [0.29, 0.717) is 12.1 Å². The van der Waals surface area contributed by atoms with Crippen molar-refractivity contribution in [2.24, 2.45) is 0 Å². The molecule has 0 aliphatic heterocycles. The number of rotatable bonds is 6. The summed E-state index contributed by atoms with van der Waals surface area (Å²) in [7, 11) is -4.30. The van der Waals surface area contributed by atoms with E-state index >= 15 is 0 Å². The van der Waals surface area contributed by atoms with Crippen molar-refractivity contribution in [2.75, 3.05) is 13.2 Å². The summed E-state index contributed by atoms with van der Waals surface area (Å²) in [5.74, 6) is -4.93. The fourth-order valence-electron chi connectivity index (χ4n) is 1.30. The van der Waals surface area contributed by atoms with Gasteiger partial charge in [0.05, 0.1) is 0 Å². The van der Waals surface area contributed by atoms with Crippen LogP contribution in [0.1, 0.15) is 16.8 Å². The van der Waals surface area contributed by atoms with Crippen LogP contribution >= 0.6 is 0 Å². The number of aromatic carboxylic acids is 1. The normalized spacial score (nSPS) is 11.5. The summed E-state index contributed by atoms with van der Waals surface area (Å²) in [5, 5.41) is 17.1. The summed E-state index contributed by atoms with van der Waals surface area (Å²) in [6.45, 7) is -0.424. The number of carboxylic acid groups (broad SMARTS) is 1. The Hall–Kier alpha value is -1.58. The van der Waals surface area contributed by atoms with Gasteiger partial charge in [0, 0.05) is 13.2 Å². The molecule has 0 saturated heterocycles. The second-order valence-electron chi connectivity index (χ2n) is 3.51. The number of nitrogens with one attached hydrogen (secondary N) is 1. The number of benzene rings is 1. The van der Waals surface area contributed by atoms with Gasteiger partial charge in [-0.3, -0.25) is 0 Å². The first-order chi connectivity index (χ1) is 8.81. The minimum Gasteiger partial charge on any atom is -0.477 e. The Labute approximate surface area is 107 Å². The van der Waals surface area contributed by atoms with Gasteiger partial charge in [-0.1, -0.05) is 0 Å². The van der Waals surface area contributed by atoms with Crippen molar-refractivity contribution in [3.8, 4) is 0 Å². The van der Waals surface area contributed by atoms with Crippen molar-refractivity contribution >= 4 is 16.0 Å². The van der Waals surface area contributed by atoms with Crippen LogP contribution in [0.2, 0.25) is 0 Å². The van der Waals surface area contributed by atoms with Crippen LogP contribution < -0.4 is 4.72 Å². The van der Waals surface area contributed by atoms with E-state index in [1.807, 2.05) is 4.72 Å². The summed E-state index contributed by atoms with van der Waals surface area (Å²) < 4.78 is 52.1. The average molecular weight is 295 g/mol. The Morgan fingerprint density at radius 3 is 2.47 bits per heavy atom. The molecule has 1 rings (SSSR count). The molecule has 0 atom stereocenters. The zero-order valence-corrected chi connectivity index (χ0v) is 10.4. The summed E-state index contributed by atoms with van der Waals surface area (Å²) in [4.78, 5) is 9.70. The smallest absolute Gasteiger partial charge is 0.341 e. The third-order valence-electron chi connectivity index (χ3n) is 2.19. The molecule has 0 fully saturated rings. The Balaban J connectivity index is 3.21. The molecule has 6 nitrogen and oxygen atoms in total. The Kier molecular flexibility index (Phi) is 4.92. The SMILES string of the molecule is O=C(O)c1c(F)ccc(S(=O)(=O)NCCCO)c1F. The Morgan fingerprint density at radius 2 is 1.95 bits per heavy atom. The number of hydrogen-bond acceptors (Lipinski definition) is 4. The molecule has 9 heteroatoms. The van der Waals surface area contributed by atoms with Gasteiger partial charge < -0.3 is 10.2 Å². The highest BCUT2D eigenvalue weighted by Gasteiger charge is 2.26. The maximum atomic E-state index is 13.7. The fraction of sp³-hybridized carbons (Fsp3) is 0.300. The third kappa shape index (κ3) is 3.46. The summed E-state index contributed by atoms with van der Waals surface area (Å²) >= 11 is 0. The fourth-order valence-corrected chi connectivity index (χ4v) is 2.45. The second kappa shape index (κ2) is 6.04. The highest BCUT2D eigenvalue weighted by atomic mass is 32.2. The molecule has 106 valence electrons. The molecule has 1 aromatic rings. The number of aliphatic hydroxyl groups excluding tert-OH is 1. The first-order valence-corrected chi connectivity index (χ1v) is 6.61. The standard InChI is InChI=1S/C10H11F2NO5S/c11-6-2-3-7(9(12)8(6)10(15)16)19(17,18)13-4-1-5-14/h2-3,13-14H,1,4-5H2,(H,15,16).